The standard InChI is InChI=1S/C21H31N5O2S/c1-5-26-19(17-8-6-7-16(2)13-17)23-24-20(26)29-14-18(27)22-15-21(3,4)25-9-11-28-12-10-25/h6-8,13H,5,9-12,14-15H2,1-4H3,(H,22,27). The number of hydrogen-bond acceptors (Lipinski definition) is 6. The maximum Gasteiger partial charge on any atom is 0.230 e. The maximum absolute atomic E-state index is 12.4. The Kier molecular flexibility index (Phi) is 7.32. The molecule has 7 nitrogen and oxygen atoms in total. The van der Waals surface area contributed by atoms with Crippen molar-refractivity contribution < 1.29 is 9.53 Å². The lowest BCUT2D eigenvalue weighted by Crippen LogP contribution is -2.55. The summed E-state index contributed by atoms with van der Waals surface area (Å²) in [6, 6.07) is 8.23. The largest absolute Gasteiger partial charge is 0.379 e. The average Bonchev–Trinajstić information content (AvgIpc) is 3.14. The number of nitrogens with one attached hydrogen (secondary N) is 1. The molecule has 1 aliphatic heterocycles. The highest BCUT2D eigenvalue weighted by atomic mass is 32.2. The van der Waals surface area contributed by atoms with Gasteiger partial charge in [-0.3, -0.25) is 9.69 Å². The molecule has 1 aromatic heterocycles. The van der Waals surface area contributed by atoms with Crippen LogP contribution in [0.15, 0.2) is 29.4 Å². The molecule has 1 N–H and O–H groups in total. The highest BCUT2D eigenvalue weighted by Crippen LogP contribution is 2.24. The molecule has 2 heterocycles. The van der Waals surface area contributed by atoms with E-state index in [2.05, 4.69) is 64.8 Å². The first kappa shape index (κ1) is 21.8. The van der Waals surface area contributed by atoms with Gasteiger partial charge in [0.1, 0.15) is 0 Å². The summed E-state index contributed by atoms with van der Waals surface area (Å²) in [6.07, 6.45) is 0. The lowest BCUT2D eigenvalue weighted by atomic mass is 10.0. The Morgan fingerprint density at radius 1 is 1.28 bits per heavy atom. The van der Waals surface area contributed by atoms with Gasteiger partial charge in [0.15, 0.2) is 11.0 Å². The second kappa shape index (κ2) is 9.73. The van der Waals surface area contributed by atoms with Crippen molar-refractivity contribution in [2.75, 3.05) is 38.6 Å². The van der Waals surface area contributed by atoms with E-state index in [4.69, 9.17) is 4.74 Å². The third-order valence-corrected chi connectivity index (χ3v) is 6.19. The summed E-state index contributed by atoms with van der Waals surface area (Å²) in [4.78, 5) is 14.8. The number of morpholine rings is 1. The normalized spacial score (nSPS) is 15.4. The van der Waals surface area contributed by atoms with Gasteiger partial charge < -0.3 is 14.6 Å². The number of carbonyl (C=O) groups is 1. The highest BCUT2D eigenvalue weighted by molar-refractivity contribution is 7.99. The fourth-order valence-electron chi connectivity index (χ4n) is 3.45. The molecule has 2 aromatic rings. The molecule has 0 atom stereocenters. The molecule has 8 heteroatoms. The van der Waals surface area contributed by atoms with Gasteiger partial charge in [-0.2, -0.15) is 0 Å². The summed E-state index contributed by atoms with van der Waals surface area (Å²) in [5, 5.41) is 12.5. The van der Waals surface area contributed by atoms with Crippen molar-refractivity contribution in [3.8, 4) is 11.4 Å². The Morgan fingerprint density at radius 2 is 2.03 bits per heavy atom. The number of ether oxygens (including phenoxy) is 1. The van der Waals surface area contributed by atoms with Crippen LogP contribution >= 0.6 is 11.8 Å². The van der Waals surface area contributed by atoms with Crippen molar-refractivity contribution in [3.63, 3.8) is 0 Å². The fourth-order valence-corrected chi connectivity index (χ4v) is 4.29. The number of amides is 1. The summed E-state index contributed by atoms with van der Waals surface area (Å²) in [6.45, 7) is 13.1. The number of thioether (sulfide) groups is 1. The molecule has 1 amide bonds. The second-order valence-electron chi connectivity index (χ2n) is 7.90. The quantitative estimate of drug-likeness (QED) is 0.666. The topological polar surface area (TPSA) is 72.3 Å². The fraction of sp³-hybridized carbons (Fsp3) is 0.571. The third-order valence-electron chi connectivity index (χ3n) is 5.23. The number of hydrogen-bond donors (Lipinski definition) is 1. The zero-order valence-corrected chi connectivity index (χ0v) is 18.6. The van der Waals surface area contributed by atoms with Crippen molar-refractivity contribution in [3.05, 3.63) is 29.8 Å². The van der Waals surface area contributed by atoms with Gasteiger partial charge in [-0.05, 0) is 33.8 Å². The van der Waals surface area contributed by atoms with Gasteiger partial charge in [0.05, 0.1) is 19.0 Å². The molecular weight excluding hydrogens is 386 g/mol. The lowest BCUT2D eigenvalue weighted by Gasteiger charge is -2.40. The van der Waals surface area contributed by atoms with Crippen molar-refractivity contribution in [1.82, 2.24) is 25.0 Å². The zero-order valence-electron chi connectivity index (χ0n) is 17.8. The van der Waals surface area contributed by atoms with Crippen molar-refractivity contribution >= 4 is 17.7 Å². The number of benzene rings is 1. The van der Waals surface area contributed by atoms with E-state index >= 15 is 0 Å². The van der Waals surface area contributed by atoms with E-state index in [1.807, 2.05) is 12.1 Å². The zero-order chi connectivity index (χ0) is 20.9. The molecule has 29 heavy (non-hydrogen) atoms. The Hall–Kier alpha value is -1.90. The Labute approximate surface area is 177 Å². The molecule has 158 valence electrons. The first-order valence-electron chi connectivity index (χ1n) is 10.1. The smallest absolute Gasteiger partial charge is 0.230 e. The van der Waals surface area contributed by atoms with Crippen LogP contribution in [-0.2, 0) is 16.1 Å². The van der Waals surface area contributed by atoms with Crippen molar-refractivity contribution in [2.45, 2.75) is 44.9 Å². The molecule has 1 saturated heterocycles. The molecule has 3 rings (SSSR count). The van der Waals surface area contributed by atoms with Crippen molar-refractivity contribution in [1.29, 1.82) is 0 Å². The van der Waals surface area contributed by atoms with Gasteiger partial charge >= 0.3 is 0 Å². The SMILES string of the molecule is CCn1c(SCC(=O)NCC(C)(C)N2CCOCC2)nnc1-c1cccc(C)c1. The van der Waals surface area contributed by atoms with E-state index in [-0.39, 0.29) is 11.4 Å². The van der Waals surface area contributed by atoms with Gasteiger partial charge in [-0.25, -0.2) is 0 Å². The first-order chi connectivity index (χ1) is 13.9. The Bertz CT molecular complexity index is 830. The number of aryl methyl sites for hydroxylation is 1. The molecule has 0 spiro atoms. The van der Waals surface area contributed by atoms with Crippen LogP contribution in [0.1, 0.15) is 26.3 Å². The summed E-state index contributed by atoms with van der Waals surface area (Å²) < 4.78 is 7.48. The van der Waals surface area contributed by atoms with Crippen LogP contribution < -0.4 is 5.32 Å². The number of rotatable bonds is 8. The monoisotopic (exact) mass is 417 g/mol. The van der Waals surface area contributed by atoms with Crippen LogP contribution in [0.4, 0.5) is 0 Å². The molecule has 1 fully saturated rings. The molecule has 0 saturated carbocycles. The van der Waals surface area contributed by atoms with Crippen LogP contribution in [-0.4, -0.2) is 69.7 Å². The van der Waals surface area contributed by atoms with E-state index in [9.17, 15) is 4.79 Å². The average molecular weight is 418 g/mol. The van der Waals surface area contributed by atoms with Gasteiger partial charge in [0.2, 0.25) is 5.91 Å². The second-order valence-corrected chi connectivity index (χ2v) is 8.84. The molecule has 0 bridgehead atoms. The summed E-state index contributed by atoms with van der Waals surface area (Å²) in [7, 11) is 0. The molecule has 0 aliphatic carbocycles. The summed E-state index contributed by atoms with van der Waals surface area (Å²) in [5.74, 6) is 1.18. The number of nitrogens with zero attached hydrogens (tertiary/aromatic N) is 4. The minimum Gasteiger partial charge on any atom is -0.379 e. The molecule has 1 aliphatic rings. The summed E-state index contributed by atoms with van der Waals surface area (Å²) in [5.41, 5.74) is 2.14. The van der Waals surface area contributed by atoms with Crippen LogP contribution in [0.5, 0.6) is 0 Å². The lowest BCUT2D eigenvalue weighted by molar-refractivity contribution is -0.119. The first-order valence-corrected chi connectivity index (χ1v) is 11.1. The highest BCUT2D eigenvalue weighted by Gasteiger charge is 2.28. The van der Waals surface area contributed by atoms with Gasteiger partial charge in [0.25, 0.3) is 0 Å². The van der Waals surface area contributed by atoms with E-state index in [0.29, 0.717) is 12.3 Å². The van der Waals surface area contributed by atoms with E-state index < -0.39 is 0 Å². The molecule has 0 radical (unpaired) electrons. The van der Waals surface area contributed by atoms with Crippen molar-refractivity contribution in [2.24, 2.45) is 0 Å². The minimum atomic E-state index is -0.0914. The van der Waals surface area contributed by atoms with Gasteiger partial charge in [0, 0.05) is 37.3 Å². The predicted octanol–water partition coefficient (Wildman–Crippen LogP) is 2.59. The van der Waals surface area contributed by atoms with Crippen LogP contribution in [0.25, 0.3) is 11.4 Å². The number of aromatic nitrogens is 3. The number of carbonyl (C=O) groups excluding carboxylic acids is 1. The van der Waals surface area contributed by atoms with Crippen LogP contribution in [0.3, 0.4) is 0 Å². The predicted molar refractivity (Wildman–Crippen MR) is 116 cm³/mol. The van der Waals surface area contributed by atoms with Gasteiger partial charge in [-0.15, -0.1) is 10.2 Å². The van der Waals surface area contributed by atoms with E-state index in [0.717, 1.165) is 49.4 Å². The summed E-state index contributed by atoms with van der Waals surface area (Å²) >= 11 is 1.43. The molecule has 0 unspecified atom stereocenters. The third kappa shape index (κ3) is 5.58. The molecule has 1 aromatic carbocycles. The minimum absolute atomic E-state index is 0.0130. The Balaban J connectivity index is 1.56. The maximum atomic E-state index is 12.4. The Morgan fingerprint density at radius 3 is 2.72 bits per heavy atom. The van der Waals surface area contributed by atoms with Gasteiger partial charge in [-0.1, -0.05) is 35.5 Å². The van der Waals surface area contributed by atoms with E-state index in [1.165, 1.54) is 17.3 Å². The van der Waals surface area contributed by atoms with Crippen LogP contribution in [0.2, 0.25) is 0 Å². The van der Waals surface area contributed by atoms with E-state index in [1.54, 1.807) is 0 Å². The molecular formula is C21H31N5O2S. The van der Waals surface area contributed by atoms with Crippen LogP contribution in [0, 0.1) is 6.92 Å².